The number of carbonyl (C=O) groups is 2. The highest BCUT2D eigenvalue weighted by Gasteiger charge is 2.36. The molecular formula is C27H24FNO4. The van der Waals surface area contributed by atoms with Crippen LogP contribution in [0.15, 0.2) is 72.8 Å². The van der Waals surface area contributed by atoms with Crippen molar-refractivity contribution in [1.29, 1.82) is 0 Å². The van der Waals surface area contributed by atoms with Crippen molar-refractivity contribution < 1.29 is 23.5 Å². The Morgan fingerprint density at radius 2 is 1.61 bits per heavy atom. The molecule has 168 valence electrons. The summed E-state index contributed by atoms with van der Waals surface area (Å²) in [6.45, 7) is 5.89. The molecule has 0 spiro atoms. The van der Waals surface area contributed by atoms with Gasteiger partial charge >= 0.3 is 5.97 Å². The first-order valence-electron chi connectivity index (χ1n) is 10.5. The Bertz CT molecular complexity index is 1260. The number of amides is 1. The topological polar surface area (TPSA) is 55.8 Å². The van der Waals surface area contributed by atoms with Crippen molar-refractivity contribution in [2.45, 2.75) is 26.3 Å². The summed E-state index contributed by atoms with van der Waals surface area (Å²) in [4.78, 5) is 27.7. The zero-order chi connectivity index (χ0) is 23.8. The lowest BCUT2D eigenvalue weighted by Gasteiger charge is -2.41. The van der Waals surface area contributed by atoms with Gasteiger partial charge in [-0.15, -0.1) is 0 Å². The summed E-state index contributed by atoms with van der Waals surface area (Å²) in [5, 5.41) is 0. The average molecular weight is 445 g/mol. The Balaban J connectivity index is 1.68. The molecule has 1 aliphatic heterocycles. The first-order valence-corrected chi connectivity index (χ1v) is 10.5. The summed E-state index contributed by atoms with van der Waals surface area (Å²) in [7, 11) is 1.58. The molecule has 6 heteroatoms. The van der Waals surface area contributed by atoms with Gasteiger partial charge in [-0.25, -0.2) is 9.18 Å². The van der Waals surface area contributed by atoms with E-state index in [4.69, 9.17) is 9.47 Å². The van der Waals surface area contributed by atoms with Crippen LogP contribution in [-0.4, -0.2) is 24.5 Å². The Morgan fingerprint density at radius 1 is 0.909 bits per heavy atom. The van der Waals surface area contributed by atoms with E-state index >= 15 is 0 Å². The molecule has 0 N–H and O–H groups in total. The van der Waals surface area contributed by atoms with Crippen LogP contribution in [0, 0.1) is 5.82 Å². The normalized spacial score (nSPS) is 14.2. The van der Waals surface area contributed by atoms with E-state index in [9.17, 15) is 14.0 Å². The van der Waals surface area contributed by atoms with Gasteiger partial charge in [-0.3, -0.25) is 9.69 Å². The van der Waals surface area contributed by atoms with Crippen LogP contribution in [0.3, 0.4) is 0 Å². The van der Waals surface area contributed by atoms with Crippen LogP contribution >= 0.6 is 0 Å². The Hall–Kier alpha value is -3.93. The smallest absolute Gasteiger partial charge is 0.343 e. The van der Waals surface area contributed by atoms with Gasteiger partial charge in [-0.1, -0.05) is 12.1 Å². The average Bonchev–Trinajstić information content (AvgIpc) is 2.79. The van der Waals surface area contributed by atoms with Crippen LogP contribution in [-0.2, 0) is 0 Å². The Kier molecular flexibility index (Phi) is 5.77. The van der Waals surface area contributed by atoms with Gasteiger partial charge in [-0.05, 0) is 87.0 Å². The first-order chi connectivity index (χ1) is 15.7. The van der Waals surface area contributed by atoms with Gasteiger partial charge < -0.3 is 9.47 Å². The van der Waals surface area contributed by atoms with Gasteiger partial charge in [-0.2, -0.15) is 0 Å². The highest BCUT2D eigenvalue weighted by atomic mass is 19.1. The van der Waals surface area contributed by atoms with E-state index in [-0.39, 0.29) is 11.5 Å². The maximum Gasteiger partial charge on any atom is 0.343 e. The van der Waals surface area contributed by atoms with Crippen LogP contribution in [0.4, 0.5) is 10.1 Å². The number of halogens is 1. The molecule has 0 saturated heterocycles. The van der Waals surface area contributed by atoms with Gasteiger partial charge in [0.15, 0.2) is 0 Å². The number of allylic oxidation sites excluding steroid dienone is 1. The molecule has 0 bridgehead atoms. The van der Waals surface area contributed by atoms with Gasteiger partial charge in [0.2, 0.25) is 0 Å². The van der Waals surface area contributed by atoms with Gasteiger partial charge in [0.05, 0.1) is 23.9 Å². The van der Waals surface area contributed by atoms with Crippen molar-refractivity contribution in [2.24, 2.45) is 0 Å². The molecule has 0 unspecified atom stereocenters. The van der Waals surface area contributed by atoms with Crippen LogP contribution < -0.4 is 14.4 Å². The number of fused-ring (bicyclic) bond motifs is 1. The lowest BCUT2D eigenvalue weighted by atomic mass is 9.88. The molecular weight excluding hydrogens is 421 g/mol. The summed E-state index contributed by atoms with van der Waals surface area (Å²) in [6, 6.07) is 17.4. The lowest BCUT2D eigenvalue weighted by molar-refractivity contribution is 0.0733. The number of nitrogens with zero attached hydrogens (tertiary/aromatic N) is 1. The van der Waals surface area contributed by atoms with Gasteiger partial charge in [0.1, 0.15) is 17.3 Å². The minimum atomic E-state index is -0.654. The molecule has 3 aromatic carbocycles. The molecule has 1 amide bonds. The van der Waals surface area contributed by atoms with Crippen molar-refractivity contribution >= 4 is 23.1 Å². The lowest BCUT2D eigenvalue weighted by Crippen LogP contribution is -2.49. The van der Waals surface area contributed by atoms with Gasteiger partial charge in [0.25, 0.3) is 5.91 Å². The number of hydrogen-bond acceptors (Lipinski definition) is 4. The van der Waals surface area contributed by atoms with Crippen molar-refractivity contribution in [3.05, 3.63) is 95.3 Å². The number of methoxy groups -OCH3 is 1. The Morgan fingerprint density at radius 3 is 2.27 bits per heavy atom. The zero-order valence-corrected chi connectivity index (χ0v) is 18.9. The third-order valence-corrected chi connectivity index (χ3v) is 5.59. The minimum Gasteiger partial charge on any atom is -0.497 e. The van der Waals surface area contributed by atoms with E-state index in [1.807, 2.05) is 26.8 Å². The second-order valence-electron chi connectivity index (χ2n) is 8.43. The standard InChI is InChI=1S/C27H24FNO4/c1-17-16-27(2,3)29(25(30)18-8-10-21(32-4)11-9-18)24-13-12-22(15-23(17)24)33-26(31)19-6-5-7-20(28)14-19/h5-16H,1-4H3. The van der Waals surface area contributed by atoms with Crippen molar-refractivity contribution in [2.75, 3.05) is 12.0 Å². The van der Waals surface area contributed by atoms with Crippen LogP contribution in [0.1, 0.15) is 47.1 Å². The van der Waals surface area contributed by atoms with Crippen LogP contribution in [0.25, 0.3) is 5.57 Å². The van der Waals surface area contributed by atoms with Crippen molar-refractivity contribution in [3.63, 3.8) is 0 Å². The number of rotatable bonds is 4. The highest BCUT2D eigenvalue weighted by Crippen LogP contribution is 2.41. The fourth-order valence-electron chi connectivity index (χ4n) is 4.09. The van der Waals surface area contributed by atoms with E-state index in [2.05, 4.69) is 0 Å². The third-order valence-electron chi connectivity index (χ3n) is 5.59. The quantitative estimate of drug-likeness (QED) is 0.371. The number of hydrogen-bond donors (Lipinski definition) is 0. The monoisotopic (exact) mass is 445 g/mol. The first kappa shape index (κ1) is 22.3. The van der Waals surface area contributed by atoms with Crippen LogP contribution in [0.2, 0.25) is 0 Å². The van der Waals surface area contributed by atoms with E-state index in [1.54, 1.807) is 54.5 Å². The maximum atomic E-state index is 13.5. The molecule has 1 heterocycles. The summed E-state index contributed by atoms with van der Waals surface area (Å²) in [5.74, 6) is -0.336. The molecule has 33 heavy (non-hydrogen) atoms. The summed E-state index contributed by atoms with van der Waals surface area (Å²) in [5.41, 5.74) is 2.53. The van der Waals surface area contributed by atoms with E-state index in [0.717, 1.165) is 17.2 Å². The minimum absolute atomic E-state index is 0.123. The molecule has 1 aliphatic rings. The largest absolute Gasteiger partial charge is 0.497 e. The molecule has 0 fully saturated rings. The van der Waals surface area contributed by atoms with Crippen molar-refractivity contribution in [1.82, 2.24) is 0 Å². The summed E-state index contributed by atoms with van der Waals surface area (Å²) >= 11 is 0. The molecule has 5 nitrogen and oxygen atoms in total. The highest BCUT2D eigenvalue weighted by molar-refractivity contribution is 6.10. The predicted octanol–water partition coefficient (Wildman–Crippen LogP) is 5.90. The third kappa shape index (κ3) is 4.37. The van der Waals surface area contributed by atoms with E-state index in [0.29, 0.717) is 22.7 Å². The van der Waals surface area contributed by atoms with Gasteiger partial charge in [0, 0.05) is 11.1 Å². The molecule has 0 atom stereocenters. The second kappa shape index (κ2) is 8.54. The Labute approximate surface area is 192 Å². The van der Waals surface area contributed by atoms with Crippen molar-refractivity contribution in [3.8, 4) is 11.5 Å². The number of carbonyl (C=O) groups excluding carboxylic acids is 2. The fraction of sp³-hybridized carbons (Fsp3) is 0.185. The summed E-state index contributed by atoms with van der Waals surface area (Å²) < 4.78 is 24.1. The fourth-order valence-corrected chi connectivity index (χ4v) is 4.09. The number of benzene rings is 3. The molecule has 4 rings (SSSR count). The molecule has 0 radical (unpaired) electrons. The molecule has 0 aliphatic carbocycles. The summed E-state index contributed by atoms with van der Waals surface area (Å²) in [6.07, 6.45) is 2.01. The SMILES string of the molecule is COc1ccc(C(=O)N2c3ccc(OC(=O)c4cccc(F)c4)cc3C(C)=CC2(C)C)cc1. The number of ether oxygens (including phenoxy) is 2. The van der Waals surface area contributed by atoms with Crippen LogP contribution in [0.5, 0.6) is 11.5 Å². The predicted molar refractivity (Wildman–Crippen MR) is 125 cm³/mol. The number of anilines is 1. The second-order valence-corrected chi connectivity index (χ2v) is 8.43. The molecule has 0 aromatic heterocycles. The molecule has 3 aromatic rings. The van der Waals surface area contributed by atoms with E-state index in [1.165, 1.54) is 18.2 Å². The van der Waals surface area contributed by atoms with E-state index < -0.39 is 17.3 Å². The maximum absolute atomic E-state index is 13.5. The zero-order valence-electron chi connectivity index (χ0n) is 18.9. The number of esters is 1. The molecule has 0 saturated carbocycles.